The van der Waals surface area contributed by atoms with Crippen molar-refractivity contribution in [3.63, 3.8) is 0 Å². The van der Waals surface area contributed by atoms with E-state index in [1.165, 1.54) is 0 Å². The molecule has 6 heteroatoms. The number of nitrogen functional groups attached to an aromatic ring is 1. The minimum absolute atomic E-state index is 0.207. The number of rotatable bonds is 3. The lowest BCUT2D eigenvalue weighted by Crippen LogP contribution is -2.24. The molecule has 0 radical (unpaired) electrons. The molecule has 0 saturated carbocycles. The smallest absolute Gasteiger partial charge is 0.253 e. The Kier molecular flexibility index (Phi) is 3.70. The molecule has 0 fully saturated rings. The Hall–Kier alpha value is -2.21. The van der Waals surface area contributed by atoms with Gasteiger partial charge in [0.15, 0.2) is 11.5 Å². The summed E-state index contributed by atoms with van der Waals surface area (Å²) in [6.07, 6.45) is 0. The minimum atomic E-state index is -0.231. The largest absolute Gasteiger partial charge is 0.454 e. The number of halogens is 1. The van der Waals surface area contributed by atoms with E-state index < -0.39 is 0 Å². The Morgan fingerprint density at radius 2 is 2.14 bits per heavy atom. The highest BCUT2D eigenvalue weighted by Crippen LogP contribution is 2.35. The topological polar surface area (TPSA) is 73.6 Å². The molecule has 3 N–H and O–H groups in total. The first kappa shape index (κ1) is 13.8. The summed E-state index contributed by atoms with van der Waals surface area (Å²) in [7, 11) is 0. The van der Waals surface area contributed by atoms with Gasteiger partial charge in [-0.2, -0.15) is 0 Å². The monoisotopic (exact) mass is 348 g/mol. The second-order valence-corrected chi connectivity index (χ2v) is 5.48. The maximum Gasteiger partial charge on any atom is 0.253 e. The third kappa shape index (κ3) is 2.80. The molecule has 0 saturated heterocycles. The van der Waals surface area contributed by atoms with Gasteiger partial charge in [0, 0.05) is 22.3 Å². The number of carbonyl (C=O) groups excluding carboxylic acids is 1. The average Bonchev–Trinajstić information content (AvgIpc) is 2.96. The molecule has 0 unspecified atom stereocenters. The number of amides is 1. The first-order valence-electron chi connectivity index (χ1n) is 6.36. The van der Waals surface area contributed by atoms with Crippen LogP contribution in [0.4, 0.5) is 5.69 Å². The fourth-order valence-corrected chi connectivity index (χ4v) is 2.49. The van der Waals surface area contributed by atoms with Crippen LogP contribution in [0.15, 0.2) is 40.9 Å². The average molecular weight is 349 g/mol. The van der Waals surface area contributed by atoms with Gasteiger partial charge in [0.2, 0.25) is 6.79 Å². The SMILES string of the molecule is Nc1ccc(Br)cc1C(=O)NCc1cccc2c1OCO2. The fraction of sp³-hybridized carbons (Fsp3) is 0.133. The zero-order chi connectivity index (χ0) is 14.8. The van der Waals surface area contributed by atoms with Crippen molar-refractivity contribution in [2.45, 2.75) is 6.54 Å². The van der Waals surface area contributed by atoms with Crippen molar-refractivity contribution in [3.05, 3.63) is 52.0 Å². The van der Waals surface area contributed by atoms with Crippen LogP contribution >= 0.6 is 15.9 Å². The molecule has 2 aromatic rings. The van der Waals surface area contributed by atoms with E-state index in [1.807, 2.05) is 18.2 Å². The quantitative estimate of drug-likeness (QED) is 0.836. The van der Waals surface area contributed by atoms with E-state index in [9.17, 15) is 4.79 Å². The van der Waals surface area contributed by atoms with Gasteiger partial charge in [-0.15, -0.1) is 0 Å². The summed E-state index contributed by atoms with van der Waals surface area (Å²) in [5.74, 6) is 1.15. The summed E-state index contributed by atoms with van der Waals surface area (Å²) in [5, 5.41) is 2.84. The second kappa shape index (κ2) is 5.65. The molecule has 0 atom stereocenters. The maximum atomic E-state index is 12.2. The summed E-state index contributed by atoms with van der Waals surface area (Å²) in [5.41, 5.74) is 7.57. The molecular weight excluding hydrogens is 336 g/mol. The van der Waals surface area contributed by atoms with E-state index in [0.29, 0.717) is 29.3 Å². The number of carbonyl (C=O) groups is 1. The second-order valence-electron chi connectivity index (χ2n) is 4.57. The number of para-hydroxylation sites is 1. The predicted molar refractivity (Wildman–Crippen MR) is 82.3 cm³/mol. The van der Waals surface area contributed by atoms with E-state index in [1.54, 1.807) is 18.2 Å². The molecule has 1 aliphatic heterocycles. The minimum Gasteiger partial charge on any atom is -0.454 e. The van der Waals surface area contributed by atoms with E-state index >= 15 is 0 Å². The highest BCUT2D eigenvalue weighted by atomic mass is 79.9. The van der Waals surface area contributed by atoms with Gasteiger partial charge in [-0.05, 0) is 24.3 Å². The lowest BCUT2D eigenvalue weighted by Gasteiger charge is -2.09. The first-order valence-corrected chi connectivity index (χ1v) is 7.15. The van der Waals surface area contributed by atoms with Crippen molar-refractivity contribution in [3.8, 4) is 11.5 Å². The van der Waals surface area contributed by atoms with Crippen LogP contribution in [0.2, 0.25) is 0 Å². The van der Waals surface area contributed by atoms with Crippen LogP contribution in [0, 0.1) is 0 Å². The first-order chi connectivity index (χ1) is 10.1. The lowest BCUT2D eigenvalue weighted by molar-refractivity contribution is 0.0951. The number of fused-ring (bicyclic) bond motifs is 1. The Morgan fingerprint density at radius 3 is 3.00 bits per heavy atom. The number of benzene rings is 2. The van der Waals surface area contributed by atoms with Crippen LogP contribution < -0.4 is 20.5 Å². The maximum absolute atomic E-state index is 12.2. The predicted octanol–water partition coefficient (Wildman–Crippen LogP) is 2.69. The summed E-state index contributed by atoms with van der Waals surface area (Å²) < 4.78 is 11.5. The molecule has 5 nitrogen and oxygen atoms in total. The molecule has 108 valence electrons. The number of hydrogen-bond acceptors (Lipinski definition) is 4. The summed E-state index contributed by atoms with van der Waals surface area (Å²) >= 11 is 3.33. The van der Waals surface area contributed by atoms with Crippen molar-refractivity contribution in [2.24, 2.45) is 0 Å². The summed E-state index contributed by atoms with van der Waals surface area (Å²) in [6, 6.07) is 10.8. The van der Waals surface area contributed by atoms with Crippen LogP contribution in [-0.4, -0.2) is 12.7 Å². The van der Waals surface area contributed by atoms with Crippen molar-refractivity contribution >= 4 is 27.5 Å². The van der Waals surface area contributed by atoms with Crippen molar-refractivity contribution in [2.75, 3.05) is 12.5 Å². The molecule has 1 aliphatic rings. The molecule has 0 aliphatic carbocycles. The van der Waals surface area contributed by atoms with Crippen LogP contribution in [0.3, 0.4) is 0 Å². The van der Waals surface area contributed by atoms with E-state index in [-0.39, 0.29) is 12.7 Å². The molecule has 0 bridgehead atoms. The number of nitrogens with two attached hydrogens (primary N) is 1. The molecule has 21 heavy (non-hydrogen) atoms. The van der Waals surface area contributed by atoms with E-state index in [2.05, 4.69) is 21.2 Å². The zero-order valence-electron chi connectivity index (χ0n) is 11.1. The van der Waals surface area contributed by atoms with Crippen LogP contribution in [-0.2, 0) is 6.54 Å². The van der Waals surface area contributed by atoms with Gasteiger partial charge in [0.05, 0.1) is 5.56 Å². The molecule has 0 spiro atoms. The summed E-state index contributed by atoms with van der Waals surface area (Å²) in [4.78, 5) is 12.2. The highest BCUT2D eigenvalue weighted by molar-refractivity contribution is 9.10. The van der Waals surface area contributed by atoms with Crippen LogP contribution in [0.5, 0.6) is 11.5 Å². The Labute approximate surface area is 130 Å². The van der Waals surface area contributed by atoms with Gasteiger partial charge in [-0.1, -0.05) is 28.1 Å². The van der Waals surface area contributed by atoms with Crippen molar-refractivity contribution < 1.29 is 14.3 Å². The van der Waals surface area contributed by atoms with E-state index in [4.69, 9.17) is 15.2 Å². The molecule has 0 aromatic heterocycles. The fourth-order valence-electron chi connectivity index (χ4n) is 2.13. The standard InChI is InChI=1S/C15H13BrN2O3/c16-10-4-5-12(17)11(6-10)15(19)18-7-9-2-1-3-13-14(9)21-8-20-13/h1-6H,7-8,17H2,(H,18,19). The molecule has 1 heterocycles. The van der Waals surface area contributed by atoms with Gasteiger partial charge in [-0.3, -0.25) is 4.79 Å². The highest BCUT2D eigenvalue weighted by Gasteiger charge is 2.18. The normalized spacial score (nSPS) is 12.2. The molecule has 3 rings (SSSR count). The van der Waals surface area contributed by atoms with Crippen molar-refractivity contribution in [1.29, 1.82) is 0 Å². The summed E-state index contributed by atoms with van der Waals surface area (Å²) in [6.45, 7) is 0.552. The molecule has 1 amide bonds. The zero-order valence-corrected chi connectivity index (χ0v) is 12.6. The lowest BCUT2D eigenvalue weighted by atomic mass is 10.1. The van der Waals surface area contributed by atoms with Gasteiger partial charge in [0.1, 0.15) is 0 Å². The number of anilines is 1. The molecular formula is C15H13BrN2O3. The van der Waals surface area contributed by atoms with E-state index in [0.717, 1.165) is 10.0 Å². The number of nitrogens with one attached hydrogen (secondary N) is 1. The molecule has 2 aromatic carbocycles. The van der Waals surface area contributed by atoms with Crippen LogP contribution in [0.1, 0.15) is 15.9 Å². The van der Waals surface area contributed by atoms with Crippen molar-refractivity contribution in [1.82, 2.24) is 5.32 Å². The Balaban J connectivity index is 1.75. The van der Waals surface area contributed by atoms with Gasteiger partial charge in [-0.25, -0.2) is 0 Å². The van der Waals surface area contributed by atoms with Gasteiger partial charge in [0.25, 0.3) is 5.91 Å². The third-order valence-electron chi connectivity index (χ3n) is 3.18. The van der Waals surface area contributed by atoms with Gasteiger partial charge >= 0.3 is 0 Å². The van der Waals surface area contributed by atoms with Crippen LogP contribution in [0.25, 0.3) is 0 Å². The Bertz CT molecular complexity index is 703. The number of ether oxygens (including phenoxy) is 2. The third-order valence-corrected chi connectivity index (χ3v) is 3.67. The van der Waals surface area contributed by atoms with Gasteiger partial charge < -0.3 is 20.5 Å². The Morgan fingerprint density at radius 1 is 1.29 bits per heavy atom. The number of hydrogen-bond donors (Lipinski definition) is 2.